The number of rotatable bonds is 6. The number of likely N-dealkylation sites (N-methyl/N-ethyl adjacent to an activating group) is 1. The Bertz CT molecular complexity index is 553. The van der Waals surface area contributed by atoms with E-state index in [4.69, 9.17) is 5.11 Å². The van der Waals surface area contributed by atoms with E-state index in [1.165, 1.54) is 30.6 Å². The molecular weight excluding hydrogens is 298 g/mol. The van der Waals surface area contributed by atoms with Crippen molar-refractivity contribution in [1.29, 1.82) is 0 Å². The maximum Gasteiger partial charge on any atom is 0.323 e. The minimum atomic E-state index is -0.979. The number of carboxylic acids is 1. The normalized spacial score (nSPS) is 15.0. The molecule has 0 aromatic heterocycles. The van der Waals surface area contributed by atoms with Gasteiger partial charge in [-0.2, -0.15) is 0 Å². The molecule has 0 bridgehead atoms. The summed E-state index contributed by atoms with van der Waals surface area (Å²) in [6.07, 6.45) is 4.90. The first-order valence-corrected chi connectivity index (χ1v) is 8.67. The summed E-state index contributed by atoms with van der Waals surface area (Å²) in [6, 6.07) is 5.89. The average molecular weight is 321 g/mol. The lowest BCUT2D eigenvalue weighted by Gasteiger charge is -2.21. The minimum absolute atomic E-state index is 0.186. The second-order valence-corrected chi connectivity index (χ2v) is 7.08. The van der Waals surface area contributed by atoms with Crippen LogP contribution in [-0.4, -0.2) is 40.2 Å². The number of amides is 1. The molecule has 1 amide bonds. The van der Waals surface area contributed by atoms with Crippen molar-refractivity contribution in [2.75, 3.05) is 13.1 Å². The molecule has 1 saturated carbocycles. The van der Waals surface area contributed by atoms with Crippen molar-refractivity contribution in [1.82, 2.24) is 4.90 Å². The van der Waals surface area contributed by atoms with Gasteiger partial charge in [0.2, 0.25) is 0 Å². The van der Waals surface area contributed by atoms with Crippen LogP contribution in [0, 0.1) is 6.92 Å². The zero-order valence-corrected chi connectivity index (χ0v) is 14.0. The Morgan fingerprint density at radius 3 is 2.59 bits per heavy atom. The predicted molar refractivity (Wildman–Crippen MR) is 88.5 cm³/mol. The summed E-state index contributed by atoms with van der Waals surface area (Å²) in [7, 11) is 0. The smallest absolute Gasteiger partial charge is 0.323 e. The molecule has 4 nitrogen and oxygen atoms in total. The van der Waals surface area contributed by atoms with Crippen LogP contribution < -0.4 is 0 Å². The number of benzene rings is 1. The maximum atomic E-state index is 12.7. The topological polar surface area (TPSA) is 57.6 Å². The van der Waals surface area contributed by atoms with Crippen LogP contribution in [0.1, 0.15) is 48.5 Å². The van der Waals surface area contributed by atoms with Gasteiger partial charge in [-0.1, -0.05) is 24.5 Å². The predicted octanol–water partition coefficient (Wildman–Crippen LogP) is 3.58. The van der Waals surface area contributed by atoms with Gasteiger partial charge < -0.3 is 10.0 Å². The third-order valence-electron chi connectivity index (χ3n) is 3.96. The number of hydrogen-bond donors (Lipinski definition) is 1. The van der Waals surface area contributed by atoms with Crippen LogP contribution in [0.2, 0.25) is 0 Å². The lowest BCUT2D eigenvalue weighted by Crippen LogP contribution is -2.35. The first kappa shape index (κ1) is 16.9. The molecule has 1 aliphatic rings. The molecule has 1 aromatic rings. The fraction of sp³-hybridized carbons (Fsp3) is 0.529. The summed E-state index contributed by atoms with van der Waals surface area (Å²) in [5.74, 6) is -1.16. The molecule has 0 atom stereocenters. The van der Waals surface area contributed by atoms with Crippen LogP contribution in [0.3, 0.4) is 0 Å². The van der Waals surface area contributed by atoms with Crippen molar-refractivity contribution in [3.05, 3.63) is 29.3 Å². The van der Waals surface area contributed by atoms with E-state index in [-0.39, 0.29) is 12.5 Å². The molecule has 1 aromatic carbocycles. The molecule has 0 saturated heterocycles. The standard InChI is InChI=1S/C17H23NO3S/c1-3-18(11-16(19)20)17(21)14-10-12(2)8-9-15(14)22-13-6-4-5-7-13/h8-10,13H,3-7,11H2,1-2H3,(H,19,20). The molecule has 5 heteroatoms. The fourth-order valence-electron chi connectivity index (χ4n) is 2.76. The average Bonchev–Trinajstić information content (AvgIpc) is 2.98. The lowest BCUT2D eigenvalue weighted by molar-refractivity contribution is -0.137. The first-order chi connectivity index (χ1) is 10.5. The van der Waals surface area contributed by atoms with E-state index in [0.29, 0.717) is 17.4 Å². The van der Waals surface area contributed by atoms with E-state index in [1.54, 1.807) is 18.7 Å². The van der Waals surface area contributed by atoms with Gasteiger partial charge in [0, 0.05) is 16.7 Å². The largest absolute Gasteiger partial charge is 0.480 e. The number of carbonyl (C=O) groups is 2. The summed E-state index contributed by atoms with van der Waals surface area (Å²) in [6.45, 7) is 3.90. The quantitative estimate of drug-likeness (QED) is 0.870. The number of aliphatic carboxylic acids is 1. The molecule has 2 rings (SSSR count). The zero-order valence-electron chi connectivity index (χ0n) is 13.2. The Kier molecular flexibility index (Phi) is 5.89. The summed E-state index contributed by atoms with van der Waals surface area (Å²) < 4.78 is 0. The molecule has 22 heavy (non-hydrogen) atoms. The van der Waals surface area contributed by atoms with Crippen LogP contribution in [0.4, 0.5) is 0 Å². The van der Waals surface area contributed by atoms with Crippen molar-refractivity contribution in [2.24, 2.45) is 0 Å². The first-order valence-electron chi connectivity index (χ1n) is 7.79. The van der Waals surface area contributed by atoms with Crippen molar-refractivity contribution in [3.63, 3.8) is 0 Å². The van der Waals surface area contributed by atoms with Gasteiger partial charge in [-0.15, -0.1) is 11.8 Å². The van der Waals surface area contributed by atoms with Crippen LogP contribution in [0.5, 0.6) is 0 Å². The highest BCUT2D eigenvalue weighted by Gasteiger charge is 2.23. The molecule has 0 spiro atoms. The van der Waals surface area contributed by atoms with E-state index in [0.717, 1.165) is 10.5 Å². The Hall–Kier alpha value is -1.49. The second-order valence-electron chi connectivity index (χ2n) is 5.74. The zero-order chi connectivity index (χ0) is 16.1. The Balaban J connectivity index is 2.24. The van der Waals surface area contributed by atoms with Gasteiger partial charge in [-0.25, -0.2) is 0 Å². The minimum Gasteiger partial charge on any atom is -0.480 e. The highest BCUT2D eigenvalue weighted by Crippen LogP contribution is 2.36. The third-order valence-corrected chi connectivity index (χ3v) is 5.37. The molecule has 1 N–H and O–H groups in total. The molecule has 0 unspecified atom stereocenters. The Labute approximate surface area is 135 Å². The summed E-state index contributed by atoms with van der Waals surface area (Å²) >= 11 is 1.77. The SMILES string of the molecule is CCN(CC(=O)O)C(=O)c1cc(C)ccc1SC1CCCC1. The number of aryl methyl sites for hydroxylation is 1. The molecule has 120 valence electrons. The summed E-state index contributed by atoms with van der Waals surface area (Å²) in [4.78, 5) is 26.0. The van der Waals surface area contributed by atoms with E-state index in [2.05, 4.69) is 0 Å². The van der Waals surface area contributed by atoms with Crippen molar-refractivity contribution < 1.29 is 14.7 Å². The molecule has 0 radical (unpaired) electrons. The van der Waals surface area contributed by atoms with Gasteiger partial charge in [-0.05, 0) is 38.8 Å². The van der Waals surface area contributed by atoms with Gasteiger partial charge in [0.15, 0.2) is 0 Å². The number of carbonyl (C=O) groups excluding carboxylic acids is 1. The second kappa shape index (κ2) is 7.68. The van der Waals surface area contributed by atoms with E-state index >= 15 is 0 Å². The highest BCUT2D eigenvalue weighted by atomic mass is 32.2. The maximum absolute atomic E-state index is 12.7. The summed E-state index contributed by atoms with van der Waals surface area (Å²) in [5, 5.41) is 9.54. The molecule has 1 aliphatic carbocycles. The number of carboxylic acid groups (broad SMARTS) is 1. The Morgan fingerprint density at radius 2 is 2.00 bits per heavy atom. The highest BCUT2D eigenvalue weighted by molar-refractivity contribution is 8.00. The van der Waals surface area contributed by atoms with Crippen LogP contribution in [-0.2, 0) is 4.79 Å². The molecular formula is C17H23NO3S. The van der Waals surface area contributed by atoms with Gasteiger partial charge in [-0.3, -0.25) is 9.59 Å². The van der Waals surface area contributed by atoms with Gasteiger partial charge in [0.25, 0.3) is 5.91 Å². The van der Waals surface area contributed by atoms with Crippen LogP contribution >= 0.6 is 11.8 Å². The molecule has 0 aliphatic heterocycles. The van der Waals surface area contributed by atoms with Crippen molar-refractivity contribution in [2.45, 2.75) is 49.7 Å². The van der Waals surface area contributed by atoms with Crippen LogP contribution in [0.15, 0.2) is 23.1 Å². The molecule has 1 fully saturated rings. The number of nitrogens with zero attached hydrogens (tertiary/aromatic N) is 1. The Morgan fingerprint density at radius 1 is 1.32 bits per heavy atom. The van der Waals surface area contributed by atoms with Crippen molar-refractivity contribution in [3.8, 4) is 0 Å². The summed E-state index contributed by atoms with van der Waals surface area (Å²) in [5.41, 5.74) is 1.66. The number of hydrogen-bond acceptors (Lipinski definition) is 3. The lowest BCUT2D eigenvalue weighted by atomic mass is 10.1. The fourth-order valence-corrected chi connectivity index (χ4v) is 4.11. The van der Waals surface area contributed by atoms with E-state index in [9.17, 15) is 9.59 Å². The van der Waals surface area contributed by atoms with Crippen LogP contribution in [0.25, 0.3) is 0 Å². The van der Waals surface area contributed by atoms with Crippen molar-refractivity contribution >= 4 is 23.6 Å². The van der Waals surface area contributed by atoms with Gasteiger partial charge >= 0.3 is 5.97 Å². The monoisotopic (exact) mass is 321 g/mol. The number of thioether (sulfide) groups is 1. The molecule has 0 heterocycles. The van der Waals surface area contributed by atoms with Gasteiger partial charge in [0.05, 0.1) is 5.56 Å². The third kappa shape index (κ3) is 4.26. The van der Waals surface area contributed by atoms with E-state index < -0.39 is 5.97 Å². The van der Waals surface area contributed by atoms with E-state index in [1.807, 2.05) is 25.1 Å². The van der Waals surface area contributed by atoms with Gasteiger partial charge in [0.1, 0.15) is 6.54 Å².